The van der Waals surface area contributed by atoms with Gasteiger partial charge in [0, 0.05) is 0 Å². The largest absolute Gasteiger partial charge is 0.382 e. The number of rotatable bonds is 1. The standard InChI is InChI=1S/C6H8N6O/c7-2-1-9-4-3(10-2)5(13)12-6(8)11-4/h1,6H,8H2,(H2,7,10)(H,9,11)(H,12,13)/i6D/hD4. The molecule has 2 heterocycles. The Kier molecular flexibility index (Phi) is 0.763. The Hall–Kier alpha value is -1.89. The Labute approximate surface area is 80.8 Å². The average molecular weight is 185 g/mol. The molecule has 0 saturated heterocycles. The summed E-state index contributed by atoms with van der Waals surface area (Å²) in [5.74, 6) is -1.47. The van der Waals surface area contributed by atoms with Gasteiger partial charge in [0.15, 0.2) is 20.6 Å². The first-order chi connectivity index (χ1) is 8.30. The summed E-state index contributed by atoms with van der Waals surface area (Å²) in [6, 6.07) is 0. The molecule has 68 valence electrons. The fourth-order valence-electron chi connectivity index (χ4n) is 0.885. The lowest BCUT2D eigenvalue weighted by Crippen LogP contribution is -2.51. The number of amides is 1. The smallest absolute Gasteiger partial charge is 0.276 e. The van der Waals surface area contributed by atoms with Crippen molar-refractivity contribution in [1.29, 1.82) is 0 Å². The van der Waals surface area contributed by atoms with Gasteiger partial charge in [0.1, 0.15) is 8.64 Å². The van der Waals surface area contributed by atoms with Crippen LogP contribution in [0.1, 0.15) is 11.9 Å². The summed E-state index contributed by atoms with van der Waals surface area (Å²) in [7, 11) is 0. The lowest BCUT2D eigenvalue weighted by molar-refractivity contribution is 0.0931. The van der Waals surface area contributed by atoms with Gasteiger partial charge in [-0.1, -0.05) is 0 Å². The molecule has 13 heavy (non-hydrogen) atoms. The van der Waals surface area contributed by atoms with Gasteiger partial charge in [0.2, 0.25) is 0 Å². The number of carbonyl (C=O) groups excluding carboxylic acids is 1. The number of nitrogens with one attached hydrogen (secondary N) is 2. The predicted octanol–water partition coefficient (Wildman–Crippen LogP) is -1.54. The fourth-order valence-corrected chi connectivity index (χ4v) is 0.885. The first-order valence-corrected chi connectivity index (χ1v) is 3.33. The zero-order valence-electron chi connectivity index (χ0n) is 11.3. The number of nitrogens with zero attached hydrogens (tertiary/aromatic N) is 2. The third kappa shape index (κ3) is 1.25. The lowest BCUT2D eigenvalue weighted by Gasteiger charge is -2.22. The number of nitrogen functional groups attached to an aromatic ring is 1. The molecule has 7 nitrogen and oxygen atoms in total. The second kappa shape index (κ2) is 2.56. The van der Waals surface area contributed by atoms with E-state index in [1.807, 2.05) is 0 Å². The van der Waals surface area contributed by atoms with Crippen LogP contribution in [0, 0.1) is 0 Å². The number of hydrogen-bond donors (Lipinski definition) is 4. The van der Waals surface area contributed by atoms with E-state index in [2.05, 4.69) is 9.97 Å². The van der Waals surface area contributed by atoms with Gasteiger partial charge in [-0.2, -0.15) is 0 Å². The molecular formula is C6H8N6O. The molecule has 1 unspecified atom stereocenters. The van der Waals surface area contributed by atoms with Crippen LogP contribution in [0.5, 0.6) is 0 Å². The van der Waals surface area contributed by atoms with Crippen molar-refractivity contribution >= 4 is 17.5 Å². The van der Waals surface area contributed by atoms with Crippen LogP contribution in [0.3, 0.4) is 0 Å². The maximum absolute atomic E-state index is 11.8. The third-order valence-electron chi connectivity index (χ3n) is 1.38. The molecule has 2 rings (SSSR count). The van der Waals surface area contributed by atoms with Gasteiger partial charge in [-0.3, -0.25) is 10.5 Å². The van der Waals surface area contributed by atoms with Gasteiger partial charge in [-0.15, -0.1) is 0 Å². The minimum atomic E-state index is -2.67. The topological polar surface area (TPSA) is 119 Å². The van der Waals surface area contributed by atoms with Gasteiger partial charge in [-0.05, 0) is 0 Å². The Bertz CT molecular complexity index is 513. The second-order valence-electron chi connectivity index (χ2n) is 2.30. The molecule has 1 aliphatic rings. The highest BCUT2D eigenvalue weighted by Crippen LogP contribution is 2.14. The van der Waals surface area contributed by atoms with E-state index in [4.69, 9.17) is 12.8 Å². The van der Waals surface area contributed by atoms with Crippen molar-refractivity contribution in [2.45, 2.75) is 6.27 Å². The van der Waals surface area contributed by atoms with E-state index in [0.29, 0.717) is 0 Å². The first-order valence-electron chi connectivity index (χ1n) is 5.62. The summed E-state index contributed by atoms with van der Waals surface area (Å²) in [5.41, 5.74) is 4.72. The number of carbonyl (C=O) groups is 1. The Morgan fingerprint density at radius 2 is 2.62 bits per heavy atom. The highest BCUT2D eigenvalue weighted by molar-refractivity contribution is 5.98. The van der Waals surface area contributed by atoms with E-state index in [0.717, 1.165) is 6.20 Å². The van der Waals surface area contributed by atoms with E-state index in [1.54, 1.807) is 0 Å². The molecule has 1 atom stereocenters. The molecule has 0 saturated carbocycles. The van der Waals surface area contributed by atoms with Crippen molar-refractivity contribution < 1.29 is 11.8 Å². The molecule has 1 aromatic heterocycles. The molecular weight excluding hydrogens is 172 g/mol. The first kappa shape index (κ1) is 3.88. The SMILES string of the molecule is [2H]N([2H])C1([2H])N([2H])C(=O)c2nc(N)cnc2N1[2H]. The van der Waals surface area contributed by atoms with E-state index in [9.17, 15) is 4.79 Å². The number of fused-ring (bicyclic) bond motifs is 1. The van der Waals surface area contributed by atoms with Crippen molar-refractivity contribution in [3.8, 4) is 0 Å². The minimum absolute atomic E-state index is 0.0174. The molecule has 0 spiro atoms. The molecule has 0 fully saturated rings. The zero-order valence-corrected chi connectivity index (χ0v) is 6.30. The molecule has 1 aliphatic heterocycles. The molecule has 0 bridgehead atoms. The molecule has 0 aromatic carbocycles. The number of aromatic nitrogens is 2. The van der Waals surface area contributed by atoms with Crippen molar-refractivity contribution in [3.63, 3.8) is 0 Å². The summed E-state index contributed by atoms with van der Waals surface area (Å²) in [4.78, 5) is 19.1. The van der Waals surface area contributed by atoms with E-state index in [1.165, 1.54) is 0 Å². The maximum atomic E-state index is 11.8. The Morgan fingerprint density at radius 3 is 3.38 bits per heavy atom. The highest BCUT2D eigenvalue weighted by Gasteiger charge is 2.23. The van der Waals surface area contributed by atoms with Crippen LogP contribution >= 0.6 is 0 Å². The van der Waals surface area contributed by atoms with E-state index in [-0.39, 0.29) is 33.7 Å². The number of anilines is 2. The molecule has 0 aliphatic carbocycles. The normalized spacial score (nSPS) is 33.0. The Morgan fingerprint density at radius 1 is 1.77 bits per heavy atom. The quantitative estimate of drug-likeness (QED) is 0.421. The molecule has 0 radical (unpaired) electrons. The monoisotopic (exact) mass is 185 g/mol. The van der Waals surface area contributed by atoms with Crippen LogP contribution in [0.2, 0.25) is 5.65 Å². The van der Waals surface area contributed by atoms with Gasteiger partial charge in [0.25, 0.3) is 5.91 Å². The summed E-state index contributed by atoms with van der Waals surface area (Å²) in [6.07, 6.45) is -1.60. The molecule has 7 heteroatoms. The van der Waals surface area contributed by atoms with Gasteiger partial charge in [0.05, 0.1) is 7.57 Å². The van der Waals surface area contributed by atoms with Crippen molar-refractivity contribution in [2.75, 3.05) is 11.0 Å². The van der Waals surface area contributed by atoms with Crippen LogP contribution in [0.4, 0.5) is 11.6 Å². The van der Waals surface area contributed by atoms with Crippen LogP contribution in [-0.2, 0) is 0 Å². The lowest BCUT2D eigenvalue weighted by atomic mass is 10.3. The van der Waals surface area contributed by atoms with Gasteiger partial charge < -0.3 is 16.4 Å². The van der Waals surface area contributed by atoms with Crippen LogP contribution in [0.25, 0.3) is 0 Å². The molecule has 1 amide bonds. The van der Waals surface area contributed by atoms with Crippen molar-refractivity contribution in [3.05, 3.63) is 11.9 Å². The van der Waals surface area contributed by atoms with Crippen LogP contribution < -0.4 is 22.1 Å². The molecule has 1 aromatic rings. The van der Waals surface area contributed by atoms with Crippen molar-refractivity contribution in [1.82, 2.24) is 15.3 Å². The zero-order chi connectivity index (χ0) is 13.7. The minimum Gasteiger partial charge on any atom is -0.382 e. The summed E-state index contributed by atoms with van der Waals surface area (Å²) in [6.45, 7) is 0. The number of nitrogens with two attached hydrogens (primary N) is 2. The van der Waals surface area contributed by atoms with Gasteiger partial charge in [-0.25, -0.2) is 9.97 Å². The fraction of sp³-hybridized carbons (Fsp3) is 0.167. The third-order valence-corrected chi connectivity index (χ3v) is 1.38. The summed E-state index contributed by atoms with van der Waals surface area (Å²) < 4.78 is 36.9. The highest BCUT2D eigenvalue weighted by atomic mass is 16.2. The van der Waals surface area contributed by atoms with Crippen LogP contribution in [-0.4, -0.2) is 22.1 Å². The predicted molar refractivity (Wildman–Crippen MR) is 45.5 cm³/mol. The van der Waals surface area contributed by atoms with E-state index < -0.39 is 12.2 Å². The van der Waals surface area contributed by atoms with Crippen LogP contribution in [0.15, 0.2) is 6.20 Å². The second-order valence-corrected chi connectivity index (χ2v) is 2.30. The Balaban J connectivity index is 2.64. The summed E-state index contributed by atoms with van der Waals surface area (Å²) >= 11 is 0. The number of hydrogen-bond acceptors (Lipinski definition) is 6. The van der Waals surface area contributed by atoms with Gasteiger partial charge >= 0.3 is 0 Å². The van der Waals surface area contributed by atoms with E-state index >= 15 is 0 Å². The molecule has 6 N–H and O–H groups in total. The van der Waals surface area contributed by atoms with Crippen molar-refractivity contribution in [2.24, 2.45) is 5.72 Å². The average Bonchev–Trinajstić information content (AvgIpc) is 2.33. The summed E-state index contributed by atoms with van der Waals surface area (Å²) in [5, 5.41) is 0.250. The maximum Gasteiger partial charge on any atom is 0.276 e.